The molecule has 0 bridgehead atoms. The minimum atomic E-state index is -0.913. The van der Waals surface area contributed by atoms with Crippen LogP contribution in [0.15, 0.2) is 48.5 Å². The fourth-order valence-electron chi connectivity index (χ4n) is 3.20. The molecule has 2 aromatic carbocycles. The van der Waals surface area contributed by atoms with Gasteiger partial charge in [0.25, 0.3) is 0 Å². The number of aryl methyl sites for hydroxylation is 1. The van der Waals surface area contributed by atoms with E-state index in [-0.39, 0.29) is 0 Å². The molecule has 0 fully saturated rings. The Morgan fingerprint density at radius 3 is 2.46 bits per heavy atom. The molecular formula is C23H27N3O2. The molecule has 146 valence electrons. The number of hydrogen-bond acceptors (Lipinski definition) is 3. The van der Waals surface area contributed by atoms with Crippen molar-refractivity contribution in [2.75, 3.05) is 0 Å². The Balaban J connectivity index is 1.85. The average molecular weight is 377 g/mol. The largest absolute Gasteiger partial charge is 0.478 e. The fourth-order valence-corrected chi connectivity index (χ4v) is 3.20. The number of carboxylic acid groups (broad SMARTS) is 1. The van der Waals surface area contributed by atoms with Gasteiger partial charge in [-0.05, 0) is 35.6 Å². The van der Waals surface area contributed by atoms with E-state index in [2.05, 4.69) is 20.8 Å². The number of aromatic carboxylic acids is 1. The van der Waals surface area contributed by atoms with Gasteiger partial charge in [0.2, 0.25) is 0 Å². The molecule has 0 amide bonds. The molecule has 0 aliphatic heterocycles. The first kappa shape index (κ1) is 19.8. The highest BCUT2D eigenvalue weighted by molar-refractivity contribution is 5.95. The quantitative estimate of drug-likeness (QED) is 0.589. The van der Waals surface area contributed by atoms with E-state index in [0.717, 1.165) is 47.6 Å². The van der Waals surface area contributed by atoms with Gasteiger partial charge in [-0.2, -0.15) is 5.10 Å². The minimum absolute atomic E-state index is 0.315. The van der Waals surface area contributed by atoms with Crippen LogP contribution in [0.5, 0.6) is 0 Å². The molecule has 3 aromatic rings. The number of rotatable bonds is 8. The lowest BCUT2D eigenvalue weighted by molar-refractivity contribution is 0.0697. The molecule has 1 atom stereocenters. The summed E-state index contributed by atoms with van der Waals surface area (Å²) in [6.45, 7) is 7.12. The van der Waals surface area contributed by atoms with Crippen LogP contribution < -0.4 is 0 Å². The van der Waals surface area contributed by atoms with Gasteiger partial charge in [-0.3, -0.25) is 0 Å². The highest BCUT2D eigenvalue weighted by atomic mass is 16.4. The molecule has 3 rings (SSSR count). The van der Waals surface area contributed by atoms with E-state index in [4.69, 9.17) is 10.1 Å². The van der Waals surface area contributed by atoms with Crippen LogP contribution in [0.3, 0.4) is 0 Å². The maximum Gasteiger partial charge on any atom is 0.336 e. The first-order valence-corrected chi connectivity index (χ1v) is 9.88. The maximum absolute atomic E-state index is 11.5. The van der Waals surface area contributed by atoms with Gasteiger partial charge in [0.15, 0.2) is 5.82 Å². The molecule has 1 unspecified atom stereocenters. The number of nitrogens with zero attached hydrogens (tertiary/aromatic N) is 3. The Labute approximate surface area is 166 Å². The van der Waals surface area contributed by atoms with Crippen LogP contribution in [0, 0.1) is 0 Å². The Morgan fingerprint density at radius 2 is 1.82 bits per heavy atom. The van der Waals surface area contributed by atoms with Crippen molar-refractivity contribution < 1.29 is 9.90 Å². The van der Waals surface area contributed by atoms with Crippen LogP contribution in [-0.2, 0) is 13.0 Å². The van der Waals surface area contributed by atoms with Crippen LogP contribution in [-0.4, -0.2) is 25.8 Å². The molecule has 0 saturated heterocycles. The standard InChI is InChI=1S/C23H27N3O2/c1-4-8-21-24-22(16(3)5-2)25-26(21)15-17-11-13-18(14-12-17)19-9-6-7-10-20(19)23(27)28/h6-7,9-14,16H,4-5,8,15H2,1-3H3,(H,27,28). The molecular weight excluding hydrogens is 350 g/mol. The molecule has 0 saturated carbocycles. The summed E-state index contributed by atoms with van der Waals surface area (Å²) < 4.78 is 2.01. The number of carbonyl (C=O) groups is 1. The third kappa shape index (κ3) is 4.30. The van der Waals surface area contributed by atoms with Crippen LogP contribution in [0.25, 0.3) is 11.1 Å². The lowest BCUT2D eigenvalue weighted by Gasteiger charge is -2.09. The van der Waals surface area contributed by atoms with Gasteiger partial charge >= 0.3 is 5.97 Å². The van der Waals surface area contributed by atoms with E-state index in [1.165, 1.54) is 0 Å². The van der Waals surface area contributed by atoms with E-state index in [9.17, 15) is 9.90 Å². The van der Waals surface area contributed by atoms with Crippen molar-refractivity contribution in [2.24, 2.45) is 0 Å². The maximum atomic E-state index is 11.5. The first-order valence-electron chi connectivity index (χ1n) is 9.88. The average Bonchev–Trinajstić information content (AvgIpc) is 3.10. The van der Waals surface area contributed by atoms with Gasteiger partial charge < -0.3 is 5.11 Å². The van der Waals surface area contributed by atoms with Crippen LogP contribution in [0.4, 0.5) is 0 Å². The van der Waals surface area contributed by atoms with Crippen molar-refractivity contribution in [3.8, 4) is 11.1 Å². The molecule has 1 heterocycles. The van der Waals surface area contributed by atoms with Gasteiger partial charge in [-0.1, -0.05) is 63.2 Å². The Kier molecular flexibility index (Phi) is 6.24. The zero-order chi connectivity index (χ0) is 20.1. The van der Waals surface area contributed by atoms with Gasteiger partial charge in [-0.25, -0.2) is 14.5 Å². The van der Waals surface area contributed by atoms with Gasteiger partial charge in [0, 0.05) is 12.3 Å². The van der Waals surface area contributed by atoms with Crippen LogP contribution >= 0.6 is 0 Å². The molecule has 1 aromatic heterocycles. The van der Waals surface area contributed by atoms with E-state index in [1.54, 1.807) is 12.1 Å². The highest BCUT2D eigenvalue weighted by Gasteiger charge is 2.15. The molecule has 5 nitrogen and oxygen atoms in total. The summed E-state index contributed by atoms with van der Waals surface area (Å²) in [5.41, 5.74) is 3.06. The summed E-state index contributed by atoms with van der Waals surface area (Å²) in [6, 6.07) is 15.1. The molecule has 0 radical (unpaired) electrons. The topological polar surface area (TPSA) is 68.0 Å². The van der Waals surface area contributed by atoms with Gasteiger partial charge in [0.05, 0.1) is 12.1 Å². The normalized spacial score (nSPS) is 12.1. The van der Waals surface area contributed by atoms with Crippen LogP contribution in [0.1, 0.15) is 67.1 Å². The molecule has 0 aliphatic carbocycles. The minimum Gasteiger partial charge on any atom is -0.478 e. The van der Waals surface area contributed by atoms with Gasteiger partial charge in [-0.15, -0.1) is 0 Å². The highest BCUT2D eigenvalue weighted by Crippen LogP contribution is 2.24. The molecule has 28 heavy (non-hydrogen) atoms. The van der Waals surface area contributed by atoms with Crippen molar-refractivity contribution in [3.05, 3.63) is 71.3 Å². The lowest BCUT2D eigenvalue weighted by Crippen LogP contribution is -2.07. The van der Waals surface area contributed by atoms with Crippen molar-refractivity contribution in [1.82, 2.24) is 14.8 Å². The number of benzene rings is 2. The summed E-state index contributed by atoms with van der Waals surface area (Å²) in [4.78, 5) is 16.2. The lowest BCUT2D eigenvalue weighted by atomic mass is 9.99. The number of aromatic nitrogens is 3. The summed E-state index contributed by atoms with van der Waals surface area (Å²) in [6.07, 6.45) is 2.96. The molecule has 5 heteroatoms. The second-order valence-electron chi connectivity index (χ2n) is 7.15. The van der Waals surface area contributed by atoms with Crippen molar-refractivity contribution in [2.45, 2.75) is 52.5 Å². The fraction of sp³-hybridized carbons (Fsp3) is 0.348. The summed E-state index contributed by atoms with van der Waals surface area (Å²) in [5.74, 6) is 1.38. The Hall–Kier alpha value is -2.95. The molecule has 1 N–H and O–H groups in total. The van der Waals surface area contributed by atoms with Crippen molar-refractivity contribution >= 4 is 5.97 Å². The van der Waals surface area contributed by atoms with E-state index in [0.29, 0.717) is 18.0 Å². The Bertz CT molecular complexity index is 945. The zero-order valence-electron chi connectivity index (χ0n) is 16.7. The molecule has 0 aliphatic rings. The summed E-state index contributed by atoms with van der Waals surface area (Å²) in [5, 5.41) is 14.1. The second-order valence-corrected chi connectivity index (χ2v) is 7.15. The zero-order valence-corrected chi connectivity index (χ0v) is 16.7. The Morgan fingerprint density at radius 1 is 1.11 bits per heavy atom. The molecule has 0 spiro atoms. The van der Waals surface area contributed by atoms with Crippen molar-refractivity contribution in [1.29, 1.82) is 0 Å². The first-order chi connectivity index (χ1) is 13.5. The monoisotopic (exact) mass is 377 g/mol. The second kappa shape index (κ2) is 8.83. The van der Waals surface area contributed by atoms with E-state index >= 15 is 0 Å². The van der Waals surface area contributed by atoms with E-state index in [1.807, 2.05) is 41.1 Å². The van der Waals surface area contributed by atoms with Crippen molar-refractivity contribution in [3.63, 3.8) is 0 Å². The number of hydrogen-bond donors (Lipinski definition) is 1. The third-order valence-corrected chi connectivity index (χ3v) is 5.05. The smallest absolute Gasteiger partial charge is 0.336 e. The van der Waals surface area contributed by atoms with E-state index < -0.39 is 5.97 Å². The summed E-state index contributed by atoms with van der Waals surface area (Å²) >= 11 is 0. The SMILES string of the molecule is CCCc1nc(C(C)CC)nn1Cc1ccc(-c2ccccc2C(=O)O)cc1. The predicted molar refractivity (Wildman–Crippen MR) is 111 cm³/mol. The predicted octanol–water partition coefficient (Wildman–Crippen LogP) is 5.16. The number of carboxylic acids is 1. The van der Waals surface area contributed by atoms with Gasteiger partial charge in [0.1, 0.15) is 5.82 Å². The summed E-state index contributed by atoms with van der Waals surface area (Å²) in [7, 11) is 0. The third-order valence-electron chi connectivity index (χ3n) is 5.05. The van der Waals surface area contributed by atoms with Crippen LogP contribution in [0.2, 0.25) is 0 Å².